The Bertz CT molecular complexity index is 837. The Hall–Kier alpha value is -2.73. The first kappa shape index (κ1) is 19.0. The second-order valence-electron chi connectivity index (χ2n) is 6.10. The van der Waals surface area contributed by atoms with Crippen molar-refractivity contribution in [3.8, 4) is 17.2 Å². The van der Waals surface area contributed by atoms with Crippen LogP contribution in [0.4, 0.5) is 0 Å². The summed E-state index contributed by atoms with van der Waals surface area (Å²) in [6.45, 7) is 4.33. The molecule has 0 aromatic heterocycles. The number of hydrogen-bond donors (Lipinski definition) is 1. The van der Waals surface area contributed by atoms with Crippen molar-refractivity contribution in [1.29, 1.82) is 0 Å². The van der Waals surface area contributed by atoms with E-state index in [9.17, 15) is 4.79 Å². The number of amides is 1. The van der Waals surface area contributed by atoms with Gasteiger partial charge in [0, 0.05) is 22.6 Å². The smallest absolute Gasteiger partial charge is 0.277 e. The van der Waals surface area contributed by atoms with Gasteiger partial charge in [-0.05, 0) is 50.2 Å². The number of hydrazone groups is 1. The number of carbonyl (C=O) groups excluding carboxylic acids is 1. The van der Waals surface area contributed by atoms with Crippen LogP contribution in [0.15, 0.2) is 41.5 Å². The molecule has 0 saturated carbocycles. The molecule has 1 aliphatic rings. The largest absolute Gasteiger partial charge is 0.493 e. The van der Waals surface area contributed by atoms with Gasteiger partial charge < -0.3 is 14.2 Å². The number of nitrogens with one attached hydrogen (secondary N) is 1. The lowest BCUT2D eigenvalue weighted by atomic mass is 10.1. The molecular formula is C20H21ClN2O4. The van der Waals surface area contributed by atoms with Gasteiger partial charge in [0.15, 0.2) is 6.61 Å². The molecule has 1 atom stereocenters. The first-order valence-corrected chi connectivity index (χ1v) is 9.09. The summed E-state index contributed by atoms with van der Waals surface area (Å²) < 4.78 is 16.8. The number of ether oxygens (including phenoxy) is 3. The molecule has 1 amide bonds. The molecule has 2 aromatic carbocycles. The average molecular weight is 389 g/mol. The maximum absolute atomic E-state index is 11.9. The molecule has 0 saturated heterocycles. The molecule has 7 heteroatoms. The Morgan fingerprint density at radius 1 is 1.33 bits per heavy atom. The molecule has 0 aliphatic carbocycles. The molecular weight excluding hydrogens is 368 g/mol. The van der Waals surface area contributed by atoms with E-state index in [-0.39, 0.29) is 18.6 Å². The first-order chi connectivity index (χ1) is 13.0. The van der Waals surface area contributed by atoms with Gasteiger partial charge >= 0.3 is 0 Å². The topological polar surface area (TPSA) is 69.2 Å². The predicted molar refractivity (Wildman–Crippen MR) is 104 cm³/mol. The molecule has 0 spiro atoms. The molecule has 0 radical (unpaired) electrons. The highest BCUT2D eigenvalue weighted by Crippen LogP contribution is 2.34. The lowest BCUT2D eigenvalue weighted by Crippen LogP contribution is -2.24. The summed E-state index contributed by atoms with van der Waals surface area (Å²) in [5, 5.41) is 4.60. The van der Waals surface area contributed by atoms with Crippen molar-refractivity contribution in [1.82, 2.24) is 5.43 Å². The molecule has 1 aliphatic heterocycles. The summed E-state index contributed by atoms with van der Waals surface area (Å²) in [7, 11) is 0. The Morgan fingerprint density at radius 3 is 2.85 bits per heavy atom. The van der Waals surface area contributed by atoms with Crippen molar-refractivity contribution >= 4 is 23.7 Å². The molecule has 6 nitrogen and oxygen atoms in total. The van der Waals surface area contributed by atoms with Crippen LogP contribution < -0.4 is 19.6 Å². The fourth-order valence-electron chi connectivity index (χ4n) is 2.72. The van der Waals surface area contributed by atoms with Gasteiger partial charge in [0.1, 0.15) is 23.4 Å². The lowest BCUT2D eigenvalue weighted by molar-refractivity contribution is -0.123. The molecule has 27 heavy (non-hydrogen) atoms. The third-order valence-electron chi connectivity index (χ3n) is 3.90. The third-order valence-corrected chi connectivity index (χ3v) is 4.16. The SMILES string of the molecule is CCOc1cc2c(cc1/C=N\NC(=O)COc1ccc(Cl)cc1)O[C@@H](C)C2. The molecule has 2 aromatic rings. The van der Waals surface area contributed by atoms with E-state index in [2.05, 4.69) is 10.5 Å². The van der Waals surface area contributed by atoms with E-state index in [0.29, 0.717) is 23.1 Å². The van der Waals surface area contributed by atoms with E-state index in [0.717, 1.165) is 23.3 Å². The number of benzene rings is 2. The van der Waals surface area contributed by atoms with Crippen LogP contribution in [0.25, 0.3) is 0 Å². The predicted octanol–water partition coefficient (Wildman–Crippen LogP) is 3.59. The number of rotatable bonds is 7. The van der Waals surface area contributed by atoms with Gasteiger partial charge in [-0.15, -0.1) is 0 Å². The van der Waals surface area contributed by atoms with Crippen LogP contribution in [0, 0.1) is 0 Å². The third kappa shape index (κ3) is 5.14. The van der Waals surface area contributed by atoms with E-state index in [1.165, 1.54) is 6.21 Å². The highest BCUT2D eigenvalue weighted by Gasteiger charge is 2.21. The van der Waals surface area contributed by atoms with Gasteiger partial charge in [0.2, 0.25) is 0 Å². The van der Waals surface area contributed by atoms with Crippen LogP contribution in [0.1, 0.15) is 25.0 Å². The molecule has 1 heterocycles. The number of hydrogen-bond acceptors (Lipinski definition) is 5. The van der Waals surface area contributed by atoms with Crippen molar-refractivity contribution in [3.05, 3.63) is 52.5 Å². The Labute approximate surface area is 163 Å². The fraction of sp³-hybridized carbons (Fsp3) is 0.300. The number of fused-ring (bicyclic) bond motifs is 1. The summed E-state index contributed by atoms with van der Waals surface area (Å²) in [6, 6.07) is 10.6. The number of carbonyl (C=O) groups is 1. The quantitative estimate of drug-likeness (QED) is 0.581. The van der Waals surface area contributed by atoms with E-state index >= 15 is 0 Å². The van der Waals surface area contributed by atoms with Crippen molar-refractivity contribution < 1.29 is 19.0 Å². The standard InChI is InChI=1S/C20H21ClN2O4/c1-3-25-18-9-14-8-13(2)27-19(14)10-15(18)11-22-23-20(24)12-26-17-6-4-16(21)5-7-17/h4-7,9-11,13H,3,8,12H2,1-2H3,(H,23,24)/b22-11-/t13-/m0/s1. The van der Waals surface area contributed by atoms with Crippen molar-refractivity contribution in [3.63, 3.8) is 0 Å². The summed E-state index contributed by atoms with van der Waals surface area (Å²) in [5.74, 6) is 1.72. The van der Waals surface area contributed by atoms with Gasteiger partial charge in [-0.3, -0.25) is 4.79 Å². The second kappa shape index (κ2) is 8.77. The van der Waals surface area contributed by atoms with Crippen LogP contribution >= 0.6 is 11.6 Å². The van der Waals surface area contributed by atoms with Crippen molar-refractivity contribution in [2.75, 3.05) is 13.2 Å². The zero-order valence-electron chi connectivity index (χ0n) is 15.2. The van der Waals surface area contributed by atoms with Crippen molar-refractivity contribution in [2.45, 2.75) is 26.4 Å². The Kier molecular flexibility index (Phi) is 6.19. The normalized spacial score (nSPS) is 15.3. The number of nitrogens with zero attached hydrogens (tertiary/aromatic N) is 1. The first-order valence-electron chi connectivity index (χ1n) is 8.71. The zero-order valence-corrected chi connectivity index (χ0v) is 16.0. The van der Waals surface area contributed by atoms with Crippen LogP contribution in [-0.2, 0) is 11.2 Å². The zero-order chi connectivity index (χ0) is 19.2. The average Bonchev–Trinajstić information content (AvgIpc) is 3.00. The molecule has 3 rings (SSSR count). The van der Waals surface area contributed by atoms with E-state index in [1.807, 2.05) is 26.0 Å². The highest BCUT2D eigenvalue weighted by atomic mass is 35.5. The Balaban J connectivity index is 1.59. The van der Waals surface area contributed by atoms with Gasteiger partial charge in [-0.1, -0.05) is 11.6 Å². The van der Waals surface area contributed by atoms with Crippen molar-refractivity contribution in [2.24, 2.45) is 5.10 Å². The van der Waals surface area contributed by atoms with Crippen LogP contribution in [0.5, 0.6) is 17.2 Å². The van der Waals surface area contributed by atoms with Crippen LogP contribution in [0.2, 0.25) is 5.02 Å². The van der Waals surface area contributed by atoms with Gasteiger partial charge in [0.05, 0.1) is 12.8 Å². The Morgan fingerprint density at radius 2 is 2.11 bits per heavy atom. The van der Waals surface area contributed by atoms with Crippen LogP contribution in [0.3, 0.4) is 0 Å². The van der Waals surface area contributed by atoms with E-state index in [1.54, 1.807) is 24.3 Å². The summed E-state index contributed by atoms with van der Waals surface area (Å²) in [5.41, 5.74) is 4.30. The maximum Gasteiger partial charge on any atom is 0.277 e. The van der Waals surface area contributed by atoms with E-state index in [4.69, 9.17) is 25.8 Å². The fourth-order valence-corrected chi connectivity index (χ4v) is 2.85. The second-order valence-corrected chi connectivity index (χ2v) is 6.54. The summed E-state index contributed by atoms with van der Waals surface area (Å²) >= 11 is 5.81. The lowest BCUT2D eigenvalue weighted by Gasteiger charge is -2.09. The van der Waals surface area contributed by atoms with Gasteiger partial charge in [-0.25, -0.2) is 5.43 Å². The monoisotopic (exact) mass is 388 g/mol. The molecule has 0 bridgehead atoms. The van der Waals surface area contributed by atoms with Crippen LogP contribution in [-0.4, -0.2) is 31.4 Å². The highest BCUT2D eigenvalue weighted by molar-refractivity contribution is 6.30. The minimum atomic E-state index is -0.370. The van der Waals surface area contributed by atoms with Gasteiger partial charge in [-0.2, -0.15) is 5.10 Å². The molecule has 0 fully saturated rings. The minimum absolute atomic E-state index is 0.145. The van der Waals surface area contributed by atoms with Gasteiger partial charge in [0.25, 0.3) is 5.91 Å². The minimum Gasteiger partial charge on any atom is -0.493 e. The molecule has 142 valence electrons. The van der Waals surface area contributed by atoms with E-state index < -0.39 is 0 Å². The molecule has 1 N–H and O–H groups in total. The molecule has 0 unspecified atom stereocenters. The summed E-state index contributed by atoms with van der Waals surface area (Å²) in [6.07, 6.45) is 2.54. The maximum atomic E-state index is 11.9. The summed E-state index contributed by atoms with van der Waals surface area (Å²) in [4.78, 5) is 11.9. The number of halogens is 1.